The number of anilines is 2. The van der Waals surface area contributed by atoms with Crippen LogP contribution < -0.4 is 11.1 Å². The summed E-state index contributed by atoms with van der Waals surface area (Å²) >= 11 is 0. The Morgan fingerprint density at radius 3 is 2.81 bits per heavy atom. The fourth-order valence-electron chi connectivity index (χ4n) is 3.90. The van der Waals surface area contributed by atoms with E-state index in [0.717, 1.165) is 44.2 Å². The summed E-state index contributed by atoms with van der Waals surface area (Å²) in [5.74, 6) is 0.109. The Kier molecular flexibility index (Phi) is 4.40. The van der Waals surface area contributed by atoms with Crippen LogP contribution in [0.15, 0.2) is 73.1 Å². The van der Waals surface area contributed by atoms with Crippen molar-refractivity contribution < 1.29 is 4.79 Å². The van der Waals surface area contributed by atoms with Gasteiger partial charge in [-0.15, -0.1) is 0 Å². The van der Waals surface area contributed by atoms with E-state index < -0.39 is 0 Å². The van der Waals surface area contributed by atoms with Crippen LogP contribution in [0, 0.1) is 6.92 Å². The van der Waals surface area contributed by atoms with Crippen molar-refractivity contribution in [2.45, 2.75) is 6.92 Å². The Morgan fingerprint density at radius 2 is 1.94 bits per heavy atom. The average Bonchev–Trinajstić information content (AvgIpc) is 3.15. The molecule has 0 spiro atoms. The molecule has 0 unspecified atom stereocenters. The molecule has 1 amide bonds. The molecule has 31 heavy (non-hydrogen) atoms. The molecule has 0 aliphatic heterocycles. The summed E-state index contributed by atoms with van der Waals surface area (Å²) in [6.45, 7) is 2.03. The number of carbonyl (C=O) groups is 1. The zero-order valence-corrected chi connectivity index (χ0v) is 17.3. The van der Waals surface area contributed by atoms with E-state index in [2.05, 4.69) is 15.3 Å². The molecule has 0 atom stereocenters. The number of fused-ring (bicyclic) bond motifs is 2. The van der Waals surface area contributed by atoms with Gasteiger partial charge >= 0.3 is 0 Å². The number of aromatic nitrogens is 3. The third-order valence-electron chi connectivity index (χ3n) is 5.59. The number of carbonyl (C=O) groups excluding carboxylic acids is 1. The number of benzene rings is 3. The van der Waals surface area contributed by atoms with Gasteiger partial charge in [-0.2, -0.15) is 0 Å². The normalized spacial score (nSPS) is 11.2. The number of hydrogen-bond acceptors (Lipinski definition) is 4. The summed E-state index contributed by atoms with van der Waals surface area (Å²) in [6.07, 6.45) is 3.70. The van der Waals surface area contributed by atoms with E-state index in [4.69, 9.17) is 5.73 Å². The van der Waals surface area contributed by atoms with Crippen LogP contribution in [0.4, 0.5) is 11.6 Å². The first kappa shape index (κ1) is 18.8. The lowest BCUT2D eigenvalue weighted by molar-refractivity contribution is 0.102. The minimum absolute atomic E-state index is 0.144. The molecule has 6 nitrogen and oxygen atoms in total. The van der Waals surface area contributed by atoms with Gasteiger partial charge in [0, 0.05) is 41.3 Å². The summed E-state index contributed by atoms with van der Waals surface area (Å²) in [6, 6.07) is 19.6. The van der Waals surface area contributed by atoms with Gasteiger partial charge in [-0.3, -0.25) is 4.79 Å². The molecule has 3 N–H and O–H groups in total. The van der Waals surface area contributed by atoms with Crippen LogP contribution in [-0.2, 0) is 7.05 Å². The quantitative estimate of drug-likeness (QED) is 0.444. The Balaban J connectivity index is 1.50. The number of amides is 1. The molecule has 0 fully saturated rings. The maximum Gasteiger partial charge on any atom is 0.255 e. The molecule has 3 aromatic carbocycles. The second kappa shape index (κ2) is 7.25. The average molecular weight is 407 g/mol. The molecule has 0 radical (unpaired) electrons. The third-order valence-corrected chi connectivity index (χ3v) is 5.59. The Bertz CT molecular complexity index is 1470. The number of nitrogens with one attached hydrogen (secondary N) is 1. The predicted molar refractivity (Wildman–Crippen MR) is 125 cm³/mol. The topological polar surface area (TPSA) is 85.8 Å². The van der Waals surface area contributed by atoms with E-state index in [0.29, 0.717) is 5.56 Å². The largest absolute Gasteiger partial charge is 0.368 e. The first-order chi connectivity index (χ1) is 15.0. The minimum atomic E-state index is -0.144. The fraction of sp³-hybridized carbons (Fsp3) is 0.0800. The number of nitrogen functional groups attached to an aromatic ring is 1. The highest BCUT2D eigenvalue weighted by molar-refractivity contribution is 6.09. The third kappa shape index (κ3) is 3.38. The standard InChI is InChI=1S/C25H21N5O/c1-15-6-7-17(24(31)28-22-4-3-5-23-19(22)10-11-30(23)2)13-20(15)16-8-9-21-18(12-16)14-27-25(26)29-21/h3-14H,1-2H3,(H,28,31)(H2,26,27,29). The van der Waals surface area contributed by atoms with Crippen LogP contribution in [0.2, 0.25) is 0 Å². The van der Waals surface area contributed by atoms with E-state index in [1.54, 1.807) is 6.20 Å². The van der Waals surface area contributed by atoms with Crippen molar-refractivity contribution in [3.63, 3.8) is 0 Å². The molecule has 2 heterocycles. The summed E-state index contributed by atoms with van der Waals surface area (Å²) in [5, 5.41) is 4.98. The van der Waals surface area contributed by atoms with Crippen molar-refractivity contribution in [1.29, 1.82) is 0 Å². The maximum absolute atomic E-state index is 13.1. The van der Waals surface area contributed by atoms with Gasteiger partial charge in [0.1, 0.15) is 0 Å². The molecular formula is C25H21N5O. The summed E-state index contributed by atoms with van der Waals surface area (Å²) in [4.78, 5) is 21.4. The van der Waals surface area contributed by atoms with Gasteiger partial charge in [0.2, 0.25) is 5.95 Å². The second-order valence-corrected chi connectivity index (χ2v) is 7.65. The highest BCUT2D eigenvalue weighted by Crippen LogP contribution is 2.29. The minimum Gasteiger partial charge on any atom is -0.368 e. The molecule has 5 aromatic rings. The van der Waals surface area contributed by atoms with Gasteiger partial charge in [0.25, 0.3) is 5.91 Å². The Morgan fingerprint density at radius 1 is 1.06 bits per heavy atom. The van der Waals surface area contributed by atoms with Crippen LogP contribution in [0.5, 0.6) is 0 Å². The Hall–Kier alpha value is -4.19. The second-order valence-electron chi connectivity index (χ2n) is 7.65. The van der Waals surface area contributed by atoms with Gasteiger partial charge < -0.3 is 15.6 Å². The first-order valence-corrected chi connectivity index (χ1v) is 9.98. The van der Waals surface area contributed by atoms with Crippen molar-refractivity contribution in [2.75, 3.05) is 11.1 Å². The van der Waals surface area contributed by atoms with Gasteiger partial charge in [-0.25, -0.2) is 9.97 Å². The van der Waals surface area contributed by atoms with Gasteiger partial charge in [0.05, 0.1) is 11.2 Å². The number of aryl methyl sites for hydroxylation is 2. The van der Waals surface area contributed by atoms with Crippen molar-refractivity contribution >= 4 is 39.3 Å². The van der Waals surface area contributed by atoms with E-state index in [9.17, 15) is 4.79 Å². The highest BCUT2D eigenvalue weighted by atomic mass is 16.1. The number of nitrogens with two attached hydrogens (primary N) is 1. The van der Waals surface area contributed by atoms with Crippen LogP contribution in [0.25, 0.3) is 32.9 Å². The number of hydrogen-bond donors (Lipinski definition) is 2. The molecule has 0 saturated carbocycles. The van der Waals surface area contributed by atoms with Gasteiger partial charge in [-0.1, -0.05) is 18.2 Å². The predicted octanol–water partition coefficient (Wildman–Crippen LogP) is 4.93. The smallest absolute Gasteiger partial charge is 0.255 e. The fourth-order valence-corrected chi connectivity index (χ4v) is 3.90. The van der Waals surface area contributed by atoms with E-state index in [1.165, 1.54) is 0 Å². The van der Waals surface area contributed by atoms with Gasteiger partial charge in [-0.05, 0) is 66.1 Å². The van der Waals surface area contributed by atoms with Crippen molar-refractivity contribution in [3.05, 3.63) is 84.2 Å². The van der Waals surface area contributed by atoms with Crippen LogP contribution in [0.3, 0.4) is 0 Å². The maximum atomic E-state index is 13.1. The van der Waals surface area contributed by atoms with Gasteiger partial charge in [0.15, 0.2) is 0 Å². The zero-order chi connectivity index (χ0) is 21.5. The zero-order valence-electron chi connectivity index (χ0n) is 17.3. The molecule has 0 aliphatic carbocycles. The highest BCUT2D eigenvalue weighted by Gasteiger charge is 2.13. The number of nitrogens with zero attached hydrogens (tertiary/aromatic N) is 3. The SMILES string of the molecule is Cc1ccc(C(=O)Nc2cccc3c2ccn3C)cc1-c1ccc2nc(N)ncc2c1. The molecule has 0 aliphatic rings. The van der Waals surface area contributed by atoms with Crippen LogP contribution in [0.1, 0.15) is 15.9 Å². The molecule has 5 rings (SSSR count). The Labute approximate surface area is 179 Å². The summed E-state index contributed by atoms with van der Waals surface area (Å²) in [5.41, 5.74) is 12.0. The van der Waals surface area contributed by atoms with Crippen LogP contribution in [-0.4, -0.2) is 20.4 Å². The molecule has 0 saturated heterocycles. The van der Waals surface area contributed by atoms with E-state index in [-0.39, 0.29) is 11.9 Å². The molecule has 152 valence electrons. The first-order valence-electron chi connectivity index (χ1n) is 9.98. The van der Waals surface area contributed by atoms with E-state index in [1.807, 2.05) is 85.4 Å². The molecular weight excluding hydrogens is 386 g/mol. The monoisotopic (exact) mass is 407 g/mol. The van der Waals surface area contributed by atoms with Crippen molar-refractivity contribution in [3.8, 4) is 11.1 Å². The van der Waals surface area contributed by atoms with E-state index >= 15 is 0 Å². The lowest BCUT2D eigenvalue weighted by atomic mass is 9.97. The van der Waals surface area contributed by atoms with Crippen molar-refractivity contribution in [1.82, 2.24) is 14.5 Å². The lowest BCUT2D eigenvalue weighted by Gasteiger charge is -2.11. The lowest BCUT2D eigenvalue weighted by Crippen LogP contribution is -2.12. The van der Waals surface area contributed by atoms with Crippen molar-refractivity contribution in [2.24, 2.45) is 7.05 Å². The molecule has 0 bridgehead atoms. The number of rotatable bonds is 3. The summed E-state index contributed by atoms with van der Waals surface area (Å²) in [7, 11) is 1.99. The van der Waals surface area contributed by atoms with Crippen LogP contribution >= 0.6 is 0 Å². The molecule has 2 aromatic heterocycles. The molecule has 6 heteroatoms. The summed E-state index contributed by atoms with van der Waals surface area (Å²) < 4.78 is 2.03.